The minimum atomic E-state index is 0.289. The average Bonchev–Trinajstić information content (AvgIpc) is 2.88. The molecule has 86 valence electrons. The predicted octanol–water partition coefficient (Wildman–Crippen LogP) is 1.30. The summed E-state index contributed by atoms with van der Waals surface area (Å²) in [5.41, 5.74) is 3.53. The van der Waals surface area contributed by atoms with Crippen molar-refractivity contribution in [2.45, 2.75) is 26.4 Å². The second kappa shape index (κ2) is 4.49. The molecule has 5 nitrogen and oxygen atoms in total. The van der Waals surface area contributed by atoms with E-state index in [0.29, 0.717) is 0 Å². The average molecular weight is 219 g/mol. The van der Waals surface area contributed by atoms with Gasteiger partial charge in [-0.2, -0.15) is 10.2 Å². The number of nitrogens with one attached hydrogen (secondary N) is 2. The quantitative estimate of drug-likeness (QED) is 0.815. The molecule has 2 aromatic rings. The first-order valence-corrected chi connectivity index (χ1v) is 5.38. The van der Waals surface area contributed by atoms with Gasteiger partial charge in [0.05, 0.1) is 6.20 Å². The predicted molar refractivity (Wildman–Crippen MR) is 61.8 cm³/mol. The summed E-state index contributed by atoms with van der Waals surface area (Å²) in [7, 11) is 1.96. The van der Waals surface area contributed by atoms with Crippen molar-refractivity contribution in [1.29, 1.82) is 0 Å². The van der Waals surface area contributed by atoms with Crippen LogP contribution in [0.15, 0.2) is 18.5 Å². The van der Waals surface area contributed by atoms with Crippen LogP contribution in [0.2, 0.25) is 0 Å². The summed E-state index contributed by atoms with van der Waals surface area (Å²) < 4.78 is 1.89. The monoisotopic (exact) mass is 219 g/mol. The molecule has 0 aliphatic heterocycles. The van der Waals surface area contributed by atoms with E-state index in [2.05, 4.69) is 34.5 Å². The van der Waals surface area contributed by atoms with Crippen LogP contribution >= 0.6 is 0 Å². The van der Waals surface area contributed by atoms with E-state index >= 15 is 0 Å². The lowest BCUT2D eigenvalue weighted by Gasteiger charge is -2.12. The van der Waals surface area contributed by atoms with Crippen LogP contribution in [0, 0.1) is 6.92 Å². The second-order valence-corrected chi connectivity index (χ2v) is 3.99. The highest BCUT2D eigenvalue weighted by Crippen LogP contribution is 2.16. The van der Waals surface area contributed by atoms with Crippen molar-refractivity contribution in [1.82, 2.24) is 25.3 Å². The molecule has 0 saturated heterocycles. The second-order valence-electron chi connectivity index (χ2n) is 3.99. The Morgan fingerprint density at radius 2 is 2.38 bits per heavy atom. The van der Waals surface area contributed by atoms with Crippen molar-refractivity contribution in [3.05, 3.63) is 35.4 Å². The molecular weight excluding hydrogens is 202 g/mol. The number of rotatable bonds is 4. The first-order valence-electron chi connectivity index (χ1n) is 5.38. The highest BCUT2D eigenvalue weighted by atomic mass is 15.3. The van der Waals surface area contributed by atoms with Gasteiger partial charge in [0.1, 0.15) is 0 Å². The molecule has 0 fully saturated rings. The number of aromatic amines is 1. The van der Waals surface area contributed by atoms with E-state index in [4.69, 9.17) is 0 Å². The fourth-order valence-corrected chi connectivity index (χ4v) is 1.70. The van der Waals surface area contributed by atoms with Gasteiger partial charge in [-0.05, 0) is 19.9 Å². The van der Waals surface area contributed by atoms with Gasteiger partial charge in [-0.1, -0.05) is 0 Å². The van der Waals surface area contributed by atoms with Crippen molar-refractivity contribution >= 4 is 0 Å². The third kappa shape index (κ3) is 2.14. The van der Waals surface area contributed by atoms with Gasteiger partial charge in [-0.15, -0.1) is 0 Å². The fraction of sp³-hybridized carbons (Fsp3) is 0.455. The van der Waals surface area contributed by atoms with Crippen LogP contribution in [0.4, 0.5) is 0 Å². The number of hydrogen-bond acceptors (Lipinski definition) is 3. The van der Waals surface area contributed by atoms with Crippen molar-refractivity contribution in [2.75, 3.05) is 0 Å². The Morgan fingerprint density at radius 1 is 1.56 bits per heavy atom. The number of aromatic nitrogens is 4. The molecule has 0 aliphatic carbocycles. The van der Waals surface area contributed by atoms with Gasteiger partial charge in [0.15, 0.2) is 0 Å². The number of aryl methyl sites for hydroxylation is 1. The van der Waals surface area contributed by atoms with Crippen molar-refractivity contribution in [3.8, 4) is 0 Å². The molecule has 0 aliphatic rings. The molecule has 0 radical (unpaired) electrons. The molecule has 5 heteroatoms. The maximum absolute atomic E-state index is 4.24. The Kier molecular flexibility index (Phi) is 3.05. The van der Waals surface area contributed by atoms with Gasteiger partial charge in [0, 0.05) is 42.8 Å². The standard InChI is InChI=1S/C11H17N5/c1-8(11-7-14-16(3)9(11)2)12-6-10-4-5-13-15-10/h4-5,7-8,12H,6H2,1-3H3,(H,13,15). The smallest absolute Gasteiger partial charge is 0.0540 e. The summed E-state index contributed by atoms with van der Waals surface area (Å²) in [6, 6.07) is 2.26. The Morgan fingerprint density at radius 3 is 2.94 bits per heavy atom. The zero-order valence-electron chi connectivity index (χ0n) is 9.86. The van der Waals surface area contributed by atoms with Crippen LogP contribution in [0.5, 0.6) is 0 Å². The molecule has 0 spiro atoms. The molecule has 2 rings (SSSR count). The summed E-state index contributed by atoms with van der Waals surface area (Å²) in [4.78, 5) is 0. The van der Waals surface area contributed by atoms with Crippen LogP contribution in [0.25, 0.3) is 0 Å². The summed E-state index contributed by atoms with van der Waals surface area (Å²) in [5.74, 6) is 0. The van der Waals surface area contributed by atoms with E-state index in [1.54, 1.807) is 6.20 Å². The van der Waals surface area contributed by atoms with E-state index < -0.39 is 0 Å². The fourth-order valence-electron chi connectivity index (χ4n) is 1.70. The molecule has 2 heterocycles. The summed E-state index contributed by atoms with van der Waals surface area (Å²) in [6.07, 6.45) is 3.68. The minimum absolute atomic E-state index is 0.289. The lowest BCUT2D eigenvalue weighted by Crippen LogP contribution is -2.18. The van der Waals surface area contributed by atoms with Crippen LogP contribution in [-0.2, 0) is 13.6 Å². The lowest BCUT2D eigenvalue weighted by atomic mass is 10.1. The number of hydrogen-bond donors (Lipinski definition) is 2. The molecule has 2 N–H and O–H groups in total. The van der Waals surface area contributed by atoms with E-state index in [1.165, 1.54) is 11.3 Å². The Labute approximate surface area is 94.9 Å². The highest BCUT2D eigenvalue weighted by molar-refractivity contribution is 5.19. The Hall–Kier alpha value is -1.62. The van der Waals surface area contributed by atoms with E-state index in [9.17, 15) is 0 Å². The van der Waals surface area contributed by atoms with E-state index in [0.717, 1.165) is 12.2 Å². The molecule has 0 aromatic carbocycles. The van der Waals surface area contributed by atoms with Gasteiger partial charge >= 0.3 is 0 Å². The molecule has 1 unspecified atom stereocenters. The van der Waals surface area contributed by atoms with Crippen molar-refractivity contribution in [3.63, 3.8) is 0 Å². The Balaban J connectivity index is 1.98. The van der Waals surface area contributed by atoms with Gasteiger partial charge in [-0.25, -0.2) is 0 Å². The molecule has 16 heavy (non-hydrogen) atoms. The zero-order chi connectivity index (χ0) is 11.5. The van der Waals surface area contributed by atoms with E-state index in [1.807, 2.05) is 24.0 Å². The SMILES string of the molecule is Cc1c(C(C)NCc2ccn[nH]2)cnn1C. The topological polar surface area (TPSA) is 58.5 Å². The first kappa shape index (κ1) is 10.9. The van der Waals surface area contributed by atoms with Gasteiger partial charge in [0.25, 0.3) is 0 Å². The number of nitrogens with zero attached hydrogens (tertiary/aromatic N) is 3. The van der Waals surface area contributed by atoms with Crippen LogP contribution in [-0.4, -0.2) is 20.0 Å². The molecule has 0 saturated carbocycles. The number of H-pyrrole nitrogens is 1. The van der Waals surface area contributed by atoms with Crippen molar-refractivity contribution < 1.29 is 0 Å². The van der Waals surface area contributed by atoms with Crippen LogP contribution < -0.4 is 5.32 Å². The summed E-state index contributed by atoms with van der Waals surface area (Å²) in [5, 5.41) is 14.5. The van der Waals surface area contributed by atoms with Gasteiger partial charge in [-0.3, -0.25) is 9.78 Å². The zero-order valence-corrected chi connectivity index (χ0v) is 9.86. The maximum Gasteiger partial charge on any atom is 0.0540 e. The largest absolute Gasteiger partial charge is 0.304 e. The van der Waals surface area contributed by atoms with Crippen LogP contribution in [0.3, 0.4) is 0 Å². The third-order valence-electron chi connectivity index (χ3n) is 2.90. The Bertz CT molecular complexity index is 443. The van der Waals surface area contributed by atoms with Crippen molar-refractivity contribution in [2.24, 2.45) is 7.05 Å². The van der Waals surface area contributed by atoms with Crippen LogP contribution in [0.1, 0.15) is 29.9 Å². The molecule has 1 atom stereocenters. The molecule has 0 amide bonds. The van der Waals surface area contributed by atoms with Gasteiger partial charge in [0.2, 0.25) is 0 Å². The van der Waals surface area contributed by atoms with E-state index in [-0.39, 0.29) is 6.04 Å². The lowest BCUT2D eigenvalue weighted by molar-refractivity contribution is 0.563. The minimum Gasteiger partial charge on any atom is -0.304 e. The molecular formula is C11H17N5. The molecule has 0 bridgehead atoms. The normalized spacial score (nSPS) is 12.9. The maximum atomic E-state index is 4.24. The first-order chi connectivity index (χ1) is 7.68. The molecule has 2 aromatic heterocycles. The third-order valence-corrected chi connectivity index (χ3v) is 2.90. The highest BCUT2D eigenvalue weighted by Gasteiger charge is 2.11. The summed E-state index contributed by atoms with van der Waals surface area (Å²) >= 11 is 0. The van der Waals surface area contributed by atoms with Gasteiger partial charge < -0.3 is 5.32 Å². The summed E-state index contributed by atoms with van der Waals surface area (Å²) in [6.45, 7) is 5.01.